The van der Waals surface area contributed by atoms with Gasteiger partial charge in [0.1, 0.15) is 5.75 Å². The molecule has 0 saturated carbocycles. The maximum atomic E-state index is 12.3. The first-order valence-electron chi connectivity index (χ1n) is 6.89. The Bertz CT molecular complexity index is 818. The topological polar surface area (TPSA) is 64.1 Å². The molecule has 0 radical (unpaired) electrons. The van der Waals surface area contributed by atoms with Crippen molar-refractivity contribution in [2.24, 2.45) is 0 Å². The number of nitrogens with one attached hydrogen (secondary N) is 1. The van der Waals surface area contributed by atoms with Crippen LogP contribution >= 0.6 is 0 Å². The molecule has 0 aliphatic rings. The van der Waals surface area contributed by atoms with Crippen LogP contribution in [0.25, 0.3) is 11.0 Å². The Morgan fingerprint density at radius 3 is 2.68 bits per heavy atom. The molecule has 0 aliphatic carbocycles. The van der Waals surface area contributed by atoms with Crippen molar-refractivity contribution in [2.45, 2.75) is 6.54 Å². The molecule has 0 spiro atoms. The molecule has 0 saturated heterocycles. The highest BCUT2D eigenvalue weighted by atomic mass is 16.5. The Balaban J connectivity index is 1.75. The fourth-order valence-corrected chi connectivity index (χ4v) is 2.23. The third-order valence-electron chi connectivity index (χ3n) is 3.36. The summed E-state index contributed by atoms with van der Waals surface area (Å²) in [6.45, 7) is 0.404. The minimum Gasteiger partial charge on any atom is -0.496 e. The number of amides is 1. The van der Waals surface area contributed by atoms with Gasteiger partial charge in [-0.15, -0.1) is 0 Å². The number of methoxy groups -OCH3 is 1. The zero-order valence-corrected chi connectivity index (χ0v) is 12.1. The monoisotopic (exact) mass is 293 g/mol. The molecule has 1 aromatic heterocycles. The minimum absolute atomic E-state index is 0.154. The van der Waals surface area contributed by atoms with Crippen LogP contribution in [0.1, 0.15) is 15.9 Å². The number of hydrogen-bond donors (Lipinski definition) is 1. The van der Waals surface area contributed by atoms with E-state index in [-0.39, 0.29) is 5.91 Å². The standard InChI is InChI=1S/C17H15N3O2/c1-22-16-5-3-2-4-13(16)11-20-17(21)12-6-7-14-15(10-12)19-9-8-18-14/h2-10H,11H2,1H3,(H,20,21). The number of para-hydroxylation sites is 1. The summed E-state index contributed by atoms with van der Waals surface area (Å²) >= 11 is 0. The molecule has 1 amide bonds. The van der Waals surface area contributed by atoms with E-state index in [0.717, 1.165) is 16.8 Å². The Hall–Kier alpha value is -2.95. The van der Waals surface area contributed by atoms with Crippen LogP contribution in [0.4, 0.5) is 0 Å². The van der Waals surface area contributed by atoms with Crippen LogP contribution in [0.2, 0.25) is 0 Å². The Morgan fingerprint density at radius 2 is 1.86 bits per heavy atom. The second-order valence-electron chi connectivity index (χ2n) is 4.75. The number of nitrogens with zero attached hydrogens (tertiary/aromatic N) is 2. The molecule has 0 atom stereocenters. The molecule has 0 fully saturated rings. The highest BCUT2D eigenvalue weighted by Gasteiger charge is 2.08. The van der Waals surface area contributed by atoms with Gasteiger partial charge in [-0.05, 0) is 24.3 Å². The highest BCUT2D eigenvalue weighted by molar-refractivity contribution is 5.97. The van der Waals surface area contributed by atoms with E-state index in [9.17, 15) is 4.79 Å². The fraction of sp³-hybridized carbons (Fsp3) is 0.118. The van der Waals surface area contributed by atoms with Crippen LogP contribution < -0.4 is 10.1 Å². The third-order valence-corrected chi connectivity index (χ3v) is 3.36. The van der Waals surface area contributed by atoms with E-state index < -0.39 is 0 Å². The first-order valence-corrected chi connectivity index (χ1v) is 6.89. The second kappa shape index (κ2) is 6.22. The SMILES string of the molecule is COc1ccccc1CNC(=O)c1ccc2nccnc2c1. The molecule has 0 bridgehead atoms. The lowest BCUT2D eigenvalue weighted by Crippen LogP contribution is -2.23. The van der Waals surface area contributed by atoms with Gasteiger partial charge in [0.2, 0.25) is 0 Å². The minimum atomic E-state index is -0.154. The zero-order chi connectivity index (χ0) is 15.4. The number of fused-ring (bicyclic) bond motifs is 1. The van der Waals surface area contributed by atoms with E-state index in [1.54, 1.807) is 37.7 Å². The number of rotatable bonds is 4. The van der Waals surface area contributed by atoms with Gasteiger partial charge in [-0.25, -0.2) is 0 Å². The lowest BCUT2D eigenvalue weighted by atomic mass is 10.1. The first-order chi connectivity index (χ1) is 10.8. The van der Waals surface area contributed by atoms with Crippen LogP contribution in [-0.4, -0.2) is 23.0 Å². The van der Waals surface area contributed by atoms with Crippen LogP contribution in [0.3, 0.4) is 0 Å². The summed E-state index contributed by atoms with van der Waals surface area (Å²) in [5, 5.41) is 2.89. The van der Waals surface area contributed by atoms with Crippen molar-refractivity contribution in [1.82, 2.24) is 15.3 Å². The van der Waals surface area contributed by atoms with Gasteiger partial charge in [0, 0.05) is 30.1 Å². The van der Waals surface area contributed by atoms with Gasteiger partial charge in [-0.3, -0.25) is 14.8 Å². The molecule has 1 heterocycles. The highest BCUT2D eigenvalue weighted by Crippen LogP contribution is 2.17. The summed E-state index contributed by atoms with van der Waals surface area (Å²) < 4.78 is 5.27. The molecule has 0 unspecified atom stereocenters. The average Bonchev–Trinajstić information content (AvgIpc) is 2.59. The van der Waals surface area contributed by atoms with Crippen LogP contribution in [0.15, 0.2) is 54.9 Å². The average molecular weight is 293 g/mol. The molecule has 5 heteroatoms. The first kappa shape index (κ1) is 14.0. The van der Waals surface area contributed by atoms with E-state index >= 15 is 0 Å². The van der Waals surface area contributed by atoms with Gasteiger partial charge < -0.3 is 10.1 Å². The molecule has 5 nitrogen and oxygen atoms in total. The van der Waals surface area contributed by atoms with Crippen molar-refractivity contribution in [3.63, 3.8) is 0 Å². The van der Waals surface area contributed by atoms with Crippen molar-refractivity contribution in [1.29, 1.82) is 0 Å². The summed E-state index contributed by atoms with van der Waals surface area (Å²) in [6.07, 6.45) is 3.24. The van der Waals surface area contributed by atoms with Crippen molar-refractivity contribution in [3.05, 3.63) is 66.0 Å². The largest absolute Gasteiger partial charge is 0.496 e. The van der Waals surface area contributed by atoms with Crippen molar-refractivity contribution >= 4 is 16.9 Å². The lowest BCUT2D eigenvalue weighted by Gasteiger charge is -2.09. The smallest absolute Gasteiger partial charge is 0.251 e. The quantitative estimate of drug-likeness (QED) is 0.803. The zero-order valence-electron chi connectivity index (χ0n) is 12.1. The Kier molecular flexibility index (Phi) is 3.96. The number of hydrogen-bond acceptors (Lipinski definition) is 4. The molecule has 110 valence electrons. The number of carbonyl (C=O) groups is 1. The number of benzene rings is 2. The van der Waals surface area contributed by atoms with E-state index in [1.807, 2.05) is 24.3 Å². The third kappa shape index (κ3) is 2.88. The fourth-order valence-electron chi connectivity index (χ4n) is 2.23. The van der Waals surface area contributed by atoms with Gasteiger partial charge in [0.15, 0.2) is 0 Å². The summed E-state index contributed by atoms with van der Waals surface area (Å²) in [5.41, 5.74) is 2.96. The molecule has 2 aromatic carbocycles. The predicted octanol–water partition coefficient (Wildman–Crippen LogP) is 2.57. The lowest BCUT2D eigenvalue weighted by molar-refractivity contribution is 0.0951. The predicted molar refractivity (Wildman–Crippen MR) is 83.7 cm³/mol. The molecule has 22 heavy (non-hydrogen) atoms. The van der Waals surface area contributed by atoms with Gasteiger partial charge in [0.25, 0.3) is 5.91 Å². The number of carbonyl (C=O) groups excluding carboxylic acids is 1. The van der Waals surface area contributed by atoms with Crippen molar-refractivity contribution in [3.8, 4) is 5.75 Å². The van der Waals surface area contributed by atoms with Crippen molar-refractivity contribution in [2.75, 3.05) is 7.11 Å². The summed E-state index contributed by atoms with van der Waals surface area (Å²) in [4.78, 5) is 20.7. The number of aromatic nitrogens is 2. The molecule has 0 aliphatic heterocycles. The van der Waals surface area contributed by atoms with Crippen LogP contribution in [0.5, 0.6) is 5.75 Å². The van der Waals surface area contributed by atoms with Gasteiger partial charge in [-0.2, -0.15) is 0 Å². The molecule has 3 rings (SSSR count). The molecular formula is C17H15N3O2. The summed E-state index contributed by atoms with van der Waals surface area (Å²) in [5.74, 6) is 0.602. The van der Waals surface area contributed by atoms with E-state index in [4.69, 9.17) is 4.74 Å². The molecule has 3 aromatic rings. The van der Waals surface area contributed by atoms with Gasteiger partial charge in [-0.1, -0.05) is 18.2 Å². The van der Waals surface area contributed by atoms with Crippen LogP contribution in [0, 0.1) is 0 Å². The number of ether oxygens (including phenoxy) is 1. The van der Waals surface area contributed by atoms with Crippen LogP contribution in [-0.2, 0) is 6.54 Å². The maximum Gasteiger partial charge on any atom is 0.251 e. The van der Waals surface area contributed by atoms with Gasteiger partial charge in [0.05, 0.1) is 18.1 Å². The molecule has 1 N–H and O–H groups in total. The Morgan fingerprint density at radius 1 is 1.09 bits per heavy atom. The maximum absolute atomic E-state index is 12.3. The normalized spacial score (nSPS) is 10.4. The van der Waals surface area contributed by atoms with Gasteiger partial charge >= 0.3 is 0 Å². The van der Waals surface area contributed by atoms with E-state index in [1.165, 1.54) is 0 Å². The summed E-state index contributed by atoms with van der Waals surface area (Å²) in [6, 6.07) is 12.9. The second-order valence-corrected chi connectivity index (χ2v) is 4.75. The van der Waals surface area contributed by atoms with Crippen molar-refractivity contribution < 1.29 is 9.53 Å². The molecular weight excluding hydrogens is 278 g/mol. The summed E-state index contributed by atoms with van der Waals surface area (Å²) in [7, 11) is 1.61. The Labute approximate surface area is 128 Å². The van der Waals surface area contributed by atoms with E-state index in [2.05, 4.69) is 15.3 Å². The van der Waals surface area contributed by atoms with E-state index in [0.29, 0.717) is 17.6 Å².